The lowest BCUT2D eigenvalue weighted by Crippen LogP contribution is -2.13. The summed E-state index contributed by atoms with van der Waals surface area (Å²) in [6.45, 7) is 0. The first-order chi connectivity index (χ1) is 16.1. The molecule has 1 aliphatic rings. The molecule has 0 radical (unpaired) electrons. The second kappa shape index (κ2) is 9.24. The van der Waals surface area contributed by atoms with E-state index in [1.807, 2.05) is 30.3 Å². The lowest BCUT2D eigenvalue weighted by atomic mass is 9.96. The van der Waals surface area contributed by atoms with Gasteiger partial charge in [0, 0.05) is 11.0 Å². The minimum absolute atomic E-state index is 0.0869. The van der Waals surface area contributed by atoms with Gasteiger partial charge >= 0.3 is 0 Å². The van der Waals surface area contributed by atoms with E-state index < -0.39 is 5.91 Å². The van der Waals surface area contributed by atoms with Crippen molar-refractivity contribution < 1.29 is 9.21 Å². The van der Waals surface area contributed by atoms with E-state index in [0.29, 0.717) is 21.4 Å². The summed E-state index contributed by atoms with van der Waals surface area (Å²) in [5.74, 6) is -0.152. The number of nitrogens with zero attached hydrogens (tertiary/aromatic N) is 3. The predicted molar refractivity (Wildman–Crippen MR) is 130 cm³/mol. The highest BCUT2D eigenvalue weighted by atomic mass is 32.2. The smallest absolute Gasteiger partial charge is 0.267 e. The average Bonchev–Trinajstić information content (AvgIpc) is 3.53. The summed E-state index contributed by atoms with van der Waals surface area (Å²) in [5, 5.41) is 23.0. The maximum atomic E-state index is 12.8. The molecule has 0 aliphatic heterocycles. The quantitative estimate of drug-likeness (QED) is 0.258. The Balaban J connectivity index is 1.33. The second-order valence-corrected chi connectivity index (χ2v) is 10.7. The van der Waals surface area contributed by atoms with Gasteiger partial charge in [0.25, 0.3) is 5.91 Å². The van der Waals surface area contributed by atoms with Crippen molar-refractivity contribution in [1.29, 1.82) is 10.5 Å². The molecule has 4 aromatic rings. The van der Waals surface area contributed by atoms with Crippen molar-refractivity contribution in [2.24, 2.45) is 0 Å². The lowest BCUT2D eigenvalue weighted by molar-refractivity contribution is -0.112. The molecule has 0 saturated heterocycles. The summed E-state index contributed by atoms with van der Waals surface area (Å²) in [6, 6.07) is 15.6. The van der Waals surface area contributed by atoms with Gasteiger partial charge in [0.2, 0.25) is 0 Å². The highest BCUT2D eigenvalue weighted by molar-refractivity contribution is 8.01. The van der Waals surface area contributed by atoms with Gasteiger partial charge in [-0.1, -0.05) is 12.1 Å². The van der Waals surface area contributed by atoms with E-state index in [4.69, 9.17) is 4.42 Å². The number of aromatic nitrogens is 1. The van der Waals surface area contributed by atoms with Crippen LogP contribution in [0.15, 0.2) is 55.8 Å². The van der Waals surface area contributed by atoms with Crippen molar-refractivity contribution in [3.63, 3.8) is 0 Å². The van der Waals surface area contributed by atoms with Gasteiger partial charge in [-0.2, -0.15) is 10.5 Å². The van der Waals surface area contributed by atoms with E-state index in [2.05, 4.69) is 16.4 Å². The molecule has 162 valence electrons. The van der Waals surface area contributed by atoms with Crippen molar-refractivity contribution in [2.45, 2.75) is 35.1 Å². The van der Waals surface area contributed by atoms with Crippen molar-refractivity contribution in [3.8, 4) is 12.1 Å². The van der Waals surface area contributed by atoms with Gasteiger partial charge in [-0.3, -0.25) is 4.79 Å². The number of amides is 1. The number of fused-ring (bicyclic) bond motifs is 2. The topological polar surface area (TPSA) is 103 Å². The number of benzene rings is 1. The zero-order chi connectivity index (χ0) is 22.8. The first-order valence-electron chi connectivity index (χ1n) is 10.3. The predicted octanol–water partition coefficient (Wildman–Crippen LogP) is 6.40. The van der Waals surface area contributed by atoms with Crippen molar-refractivity contribution in [2.75, 3.05) is 5.32 Å². The number of para-hydroxylation sites is 1. The molecule has 3 heterocycles. The minimum Gasteiger partial charge on any atom is -0.450 e. The molecular formula is C24H16N4O2S3. The fourth-order valence-corrected chi connectivity index (χ4v) is 6.89. The van der Waals surface area contributed by atoms with Gasteiger partial charge in [0.15, 0.2) is 9.43 Å². The zero-order valence-corrected chi connectivity index (χ0v) is 19.7. The standard InChI is InChI=1S/C24H16N4O2S3/c25-12-14(22(29)28-23-17(13-26)16-5-1-3-7-19(16)31-23)11-15-9-10-21(30-15)33-24-27-18-6-2-4-8-20(18)32-24/h2,4,6,8-11H,1,3,5,7H2,(H,28,29)/b14-11+. The third-order valence-corrected chi connectivity index (χ3v) is 8.45. The number of nitrogens with one attached hydrogen (secondary N) is 1. The first kappa shape index (κ1) is 21.5. The van der Waals surface area contributed by atoms with Gasteiger partial charge in [0.05, 0.1) is 15.8 Å². The fourth-order valence-electron chi connectivity index (χ4n) is 3.68. The van der Waals surface area contributed by atoms with E-state index >= 15 is 0 Å². The summed E-state index contributed by atoms with van der Waals surface area (Å²) in [4.78, 5) is 18.5. The summed E-state index contributed by atoms with van der Waals surface area (Å²) in [7, 11) is 0. The van der Waals surface area contributed by atoms with Crippen LogP contribution in [0.25, 0.3) is 16.3 Å². The van der Waals surface area contributed by atoms with Crippen LogP contribution in [0.4, 0.5) is 5.00 Å². The zero-order valence-electron chi connectivity index (χ0n) is 17.3. The van der Waals surface area contributed by atoms with Crippen molar-refractivity contribution >= 4 is 61.6 Å². The Morgan fingerprint density at radius 2 is 2.00 bits per heavy atom. The molecule has 0 unspecified atom stereocenters. The Bertz CT molecular complexity index is 1450. The van der Waals surface area contributed by atoms with Gasteiger partial charge in [-0.05, 0) is 67.3 Å². The molecule has 0 spiro atoms. The molecule has 1 N–H and O–H groups in total. The van der Waals surface area contributed by atoms with Crippen LogP contribution in [0.5, 0.6) is 0 Å². The molecule has 1 amide bonds. The molecular weight excluding hydrogens is 472 g/mol. The number of furan rings is 1. The summed E-state index contributed by atoms with van der Waals surface area (Å²) in [6.07, 6.45) is 5.33. The SMILES string of the molecule is N#C/C(=C\c1ccc(Sc2nc3ccccc3s2)o1)C(=O)Nc1sc2c(c1C#N)CCCC2. The maximum Gasteiger partial charge on any atom is 0.267 e. The van der Waals surface area contributed by atoms with Crippen LogP contribution in [0.2, 0.25) is 0 Å². The Hall–Kier alpha value is -3.37. The van der Waals surface area contributed by atoms with Gasteiger partial charge in [-0.15, -0.1) is 22.7 Å². The second-order valence-electron chi connectivity index (χ2n) is 7.36. The molecule has 0 atom stereocenters. The number of hydrogen-bond acceptors (Lipinski definition) is 8. The Kier molecular flexibility index (Phi) is 6.01. The molecule has 1 aromatic carbocycles. The van der Waals surface area contributed by atoms with E-state index in [1.165, 1.54) is 29.2 Å². The third-order valence-electron chi connectivity index (χ3n) is 5.23. The molecule has 6 nitrogen and oxygen atoms in total. The van der Waals surface area contributed by atoms with Crippen LogP contribution in [0.1, 0.15) is 34.6 Å². The van der Waals surface area contributed by atoms with Crippen LogP contribution >= 0.6 is 34.4 Å². The molecule has 1 aliphatic carbocycles. The summed E-state index contributed by atoms with van der Waals surface area (Å²) >= 11 is 4.40. The normalized spacial score (nSPS) is 13.3. The number of aryl methyl sites for hydroxylation is 1. The number of thiophene rings is 1. The molecule has 0 bridgehead atoms. The van der Waals surface area contributed by atoms with E-state index in [0.717, 1.165) is 50.7 Å². The van der Waals surface area contributed by atoms with E-state index in [-0.39, 0.29) is 5.57 Å². The molecule has 3 aromatic heterocycles. The molecule has 5 rings (SSSR count). The number of carbonyl (C=O) groups is 1. The van der Waals surface area contributed by atoms with Crippen LogP contribution in [-0.4, -0.2) is 10.9 Å². The Morgan fingerprint density at radius 3 is 2.82 bits per heavy atom. The number of nitriles is 2. The Labute approximate surface area is 202 Å². The van der Waals surface area contributed by atoms with Crippen LogP contribution < -0.4 is 5.32 Å². The fraction of sp³-hybridized carbons (Fsp3) is 0.167. The highest BCUT2D eigenvalue weighted by Gasteiger charge is 2.23. The monoisotopic (exact) mass is 488 g/mol. The highest BCUT2D eigenvalue weighted by Crippen LogP contribution is 2.38. The first-order valence-corrected chi connectivity index (χ1v) is 12.7. The van der Waals surface area contributed by atoms with Crippen LogP contribution in [0.3, 0.4) is 0 Å². The van der Waals surface area contributed by atoms with Gasteiger partial charge in [-0.25, -0.2) is 4.98 Å². The number of thiazole rings is 1. The van der Waals surface area contributed by atoms with Gasteiger partial charge < -0.3 is 9.73 Å². The number of hydrogen-bond donors (Lipinski definition) is 1. The Morgan fingerprint density at radius 1 is 1.15 bits per heavy atom. The maximum absolute atomic E-state index is 12.8. The average molecular weight is 489 g/mol. The lowest BCUT2D eigenvalue weighted by Gasteiger charge is -2.09. The van der Waals surface area contributed by atoms with Crippen LogP contribution in [-0.2, 0) is 17.6 Å². The van der Waals surface area contributed by atoms with Crippen molar-refractivity contribution in [1.82, 2.24) is 4.98 Å². The third kappa shape index (κ3) is 4.44. The molecule has 33 heavy (non-hydrogen) atoms. The van der Waals surface area contributed by atoms with Crippen LogP contribution in [0, 0.1) is 22.7 Å². The molecule has 9 heteroatoms. The number of rotatable bonds is 5. The van der Waals surface area contributed by atoms with E-state index in [1.54, 1.807) is 23.5 Å². The summed E-state index contributed by atoms with van der Waals surface area (Å²) in [5.41, 5.74) is 2.41. The number of anilines is 1. The van der Waals surface area contributed by atoms with E-state index in [9.17, 15) is 15.3 Å². The minimum atomic E-state index is -0.552. The van der Waals surface area contributed by atoms with Crippen molar-refractivity contribution in [3.05, 3.63) is 63.7 Å². The number of carbonyl (C=O) groups excluding carboxylic acids is 1. The molecule has 0 fully saturated rings. The summed E-state index contributed by atoms with van der Waals surface area (Å²) < 4.78 is 7.75. The van der Waals surface area contributed by atoms with Gasteiger partial charge in [0.1, 0.15) is 28.5 Å². The largest absolute Gasteiger partial charge is 0.450 e. The molecule has 0 saturated carbocycles.